The molecule has 2 aliphatic rings. The third-order valence-electron chi connectivity index (χ3n) is 5.61. The molecule has 2 amide bonds. The number of likely N-dealkylation sites (tertiary alicyclic amines) is 1. The molecule has 0 aromatic heterocycles. The van der Waals surface area contributed by atoms with E-state index in [4.69, 9.17) is 4.74 Å². The second kappa shape index (κ2) is 9.13. The normalized spacial score (nSPS) is 20.7. The highest BCUT2D eigenvalue weighted by atomic mass is 32.2. The molecule has 1 aromatic rings. The third kappa shape index (κ3) is 5.48. The van der Waals surface area contributed by atoms with Crippen molar-refractivity contribution in [2.75, 3.05) is 52.6 Å². The lowest BCUT2D eigenvalue weighted by Gasteiger charge is -2.42. The van der Waals surface area contributed by atoms with Crippen molar-refractivity contribution in [1.29, 1.82) is 0 Å². The summed E-state index contributed by atoms with van der Waals surface area (Å²) in [6.45, 7) is 4.15. The number of sulfone groups is 1. The van der Waals surface area contributed by atoms with Crippen LogP contribution in [0.5, 0.6) is 0 Å². The topological polar surface area (TPSA) is 87.2 Å². The molecule has 0 saturated carbocycles. The van der Waals surface area contributed by atoms with Gasteiger partial charge in [-0.25, -0.2) is 13.2 Å². The van der Waals surface area contributed by atoms with Crippen molar-refractivity contribution in [1.82, 2.24) is 14.7 Å². The maximum Gasteiger partial charge on any atom is 0.409 e. The minimum absolute atomic E-state index is 0.00850. The van der Waals surface area contributed by atoms with Gasteiger partial charge < -0.3 is 19.4 Å². The lowest BCUT2D eigenvalue weighted by Crippen LogP contribution is -2.59. The van der Waals surface area contributed by atoms with E-state index in [0.29, 0.717) is 19.6 Å². The summed E-state index contributed by atoms with van der Waals surface area (Å²) in [5.74, 6) is -0.00850. The molecule has 0 aliphatic carbocycles. The van der Waals surface area contributed by atoms with Gasteiger partial charge in [0, 0.05) is 32.4 Å². The summed E-state index contributed by atoms with van der Waals surface area (Å²) in [4.78, 5) is 31.1. The Labute approximate surface area is 172 Å². The van der Waals surface area contributed by atoms with E-state index < -0.39 is 9.84 Å². The maximum absolute atomic E-state index is 13.0. The maximum atomic E-state index is 13.0. The summed E-state index contributed by atoms with van der Waals surface area (Å²) in [7, 11) is -1.89. The van der Waals surface area contributed by atoms with Crippen LogP contribution >= 0.6 is 0 Å². The number of piperazine rings is 1. The summed E-state index contributed by atoms with van der Waals surface area (Å²) in [6, 6.07) is 6.37. The Morgan fingerprint density at radius 1 is 1.07 bits per heavy atom. The summed E-state index contributed by atoms with van der Waals surface area (Å²) >= 11 is 0. The van der Waals surface area contributed by atoms with Crippen molar-refractivity contribution in [3.05, 3.63) is 29.8 Å². The SMILES string of the molecule is COC(=O)N1CCN(C(=O)Cc2ccc(S(C)(=O)=O)cc2)C(CN2CCCC2)C1. The van der Waals surface area contributed by atoms with Crippen LogP contribution in [0.4, 0.5) is 4.79 Å². The van der Waals surface area contributed by atoms with E-state index in [1.54, 1.807) is 17.0 Å². The van der Waals surface area contributed by atoms with Crippen molar-refractivity contribution in [2.24, 2.45) is 0 Å². The Kier molecular flexibility index (Phi) is 6.79. The number of carbonyl (C=O) groups is 2. The molecule has 2 saturated heterocycles. The lowest BCUT2D eigenvalue weighted by atomic mass is 10.1. The van der Waals surface area contributed by atoms with Gasteiger partial charge in [0.1, 0.15) is 0 Å². The number of amides is 2. The van der Waals surface area contributed by atoms with Gasteiger partial charge >= 0.3 is 6.09 Å². The van der Waals surface area contributed by atoms with Crippen LogP contribution in [0.2, 0.25) is 0 Å². The predicted molar refractivity (Wildman–Crippen MR) is 108 cm³/mol. The molecule has 1 aromatic carbocycles. The summed E-state index contributed by atoms with van der Waals surface area (Å²) in [5.41, 5.74) is 0.776. The fourth-order valence-electron chi connectivity index (χ4n) is 4.03. The standard InChI is InChI=1S/C20H29N3O5S/c1-28-20(25)22-11-12-23(17(15-22)14-21-9-3-4-10-21)19(24)13-16-5-7-18(8-6-16)29(2,26)27/h5-8,17H,3-4,9-15H2,1-2H3. The van der Waals surface area contributed by atoms with E-state index in [2.05, 4.69) is 4.90 Å². The van der Waals surface area contributed by atoms with Crippen LogP contribution in [0.15, 0.2) is 29.2 Å². The first-order valence-electron chi connectivity index (χ1n) is 9.91. The summed E-state index contributed by atoms with van der Waals surface area (Å²) < 4.78 is 28.1. The van der Waals surface area contributed by atoms with Gasteiger partial charge in [-0.3, -0.25) is 4.79 Å². The molecule has 160 valence electrons. The molecule has 9 heteroatoms. The highest BCUT2D eigenvalue weighted by Gasteiger charge is 2.34. The van der Waals surface area contributed by atoms with Gasteiger partial charge in [0.05, 0.1) is 24.5 Å². The van der Waals surface area contributed by atoms with Crippen molar-refractivity contribution < 1.29 is 22.7 Å². The largest absolute Gasteiger partial charge is 0.453 e. The first-order valence-corrected chi connectivity index (χ1v) is 11.8. The number of hydrogen-bond donors (Lipinski definition) is 0. The first-order chi connectivity index (χ1) is 13.8. The first kappa shape index (κ1) is 21.6. The zero-order valence-electron chi connectivity index (χ0n) is 17.0. The molecule has 3 rings (SSSR count). The van der Waals surface area contributed by atoms with Gasteiger partial charge in [-0.2, -0.15) is 0 Å². The zero-order chi connectivity index (χ0) is 21.0. The molecule has 0 N–H and O–H groups in total. The minimum Gasteiger partial charge on any atom is -0.453 e. The zero-order valence-corrected chi connectivity index (χ0v) is 17.9. The molecule has 29 heavy (non-hydrogen) atoms. The van der Waals surface area contributed by atoms with Gasteiger partial charge in [0.25, 0.3) is 0 Å². The Hall–Kier alpha value is -2.13. The van der Waals surface area contributed by atoms with E-state index in [-0.39, 0.29) is 29.4 Å². The minimum atomic E-state index is -3.26. The Morgan fingerprint density at radius 3 is 2.31 bits per heavy atom. The molecule has 2 aliphatic heterocycles. The quantitative estimate of drug-likeness (QED) is 0.702. The van der Waals surface area contributed by atoms with Crippen LogP contribution in [0.3, 0.4) is 0 Å². The van der Waals surface area contributed by atoms with Crippen LogP contribution < -0.4 is 0 Å². The number of hydrogen-bond acceptors (Lipinski definition) is 6. The van der Waals surface area contributed by atoms with Gasteiger partial charge in [-0.05, 0) is 43.6 Å². The number of nitrogens with zero attached hydrogens (tertiary/aromatic N) is 3. The van der Waals surface area contributed by atoms with Crippen LogP contribution in [-0.4, -0.2) is 93.8 Å². The highest BCUT2D eigenvalue weighted by molar-refractivity contribution is 7.90. The number of rotatable bonds is 5. The van der Waals surface area contributed by atoms with E-state index in [0.717, 1.165) is 44.3 Å². The van der Waals surface area contributed by atoms with Gasteiger partial charge in [0.2, 0.25) is 5.91 Å². The average Bonchev–Trinajstić information content (AvgIpc) is 3.20. The molecule has 1 atom stereocenters. The van der Waals surface area contributed by atoms with Crippen molar-refractivity contribution in [3.8, 4) is 0 Å². The number of carbonyl (C=O) groups excluding carboxylic acids is 2. The average molecular weight is 424 g/mol. The van der Waals surface area contributed by atoms with Crippen molar-refractivity contribution >= 4 is 21.8 Å². The van der Waals surface area contributed by atoms with Crippen molar-refractivity contribution in [2.45, 2.75) is 30.2 Å². The van der Waals surface area contributed by atoms with E-state index in [9.17, 15) is 18.0 Å². The van der Waals surface area contributed by atoms with Crippen LogP contribution in [-0.2, 0) is 25.8 Å². The molecule has 8 nitrogen and oxygen atoms in total. The van der Waals surface area contributed by atoms with Crippen molar-refractivity contribution in [3.63, 3.8) is 0 Å². The molecule has 0 radical (unpaired) electrons. The number of benzene rings is 1. The van der Waals surface area contributed by atoms with Crippen LogP contribution in [0.1, 0.15) is 18.4 Å². The molecular formula is C20H29N3O5S. The van der Waals surface area contributed by atoms with Gasteiger partial charge in [-0.1, -0.05) is 12.1 Å². The summed E-state index contributed by atoms with van der Waals surface area (Å²) in [5, 5.41) is 0. The fourth-order valence-corrected chi connectivity index (χ4v) is 4.66. The Balaban J connectivity index is 1.69. The lowest BCUT2D eigenvalue weighted by molar-refractivity contribution is -0.135. The molecule has 1 unspecified atom stereocenters. The van der Waals surface area contributed by atoms with Gasteiger partial charge in [-0.15, -0.1) is 0 Å². The highest BCUT2D eigenvalue weighted by Crippen LogP contribution is 2.18. The van der Waals surface area contributed by atoms with Gasteiger partial charge in [0.15, 0.2) is 9.84 Å². The van der Waals surface area contributed by atoms with E-state index in [1.165, 1.54) is 19.2 Å². The van der Waals surface area contributed by atoms with E-state index in [1.807, 2.05) is 4.90 Å². The Morgan fingerprint density at radius 2 is 1.72 bits per heavy atom. The second-order valence-electron chi connectivity index (χ2n) is 7.76. The third-order valence-corrected chi connectivity index (χ3v) is 6.74. The molecule has 0 bridgehead atoms. The van der Waals surface area contributed by atoms with E-state index >= 15 is 0 Å². The molecule has 2 fully saturated rings. The molecule has 0 spiro atoms. The fraction of sp³-hybridized carbons (Fsp3) is 0.600. The summed E-state index contributed by atoms with van der Waals surface area (Å²) in [6.07, 6.45) is 3.33. The van der Waals surface area contributed by atoms with Crippen LogP contribution in [0, 0.1) is 0 Å². The monoisotopic (exact) mass is 423 g/mol. The second-order valence-corrected chi connectivity index (χ2v) is 9.77. The smallest absolute Gasteiger partial charge is 0.409 e. The number of methoxy groups -OCH3 is 1. The molecular weight excluding hydrogens is 394 g/mol. The van der Waals surface area contributed by atoms with Crippen LogP contribution in [0.25, 0.3) is 0 Å². The predicted octanol–water partition coefficient (Wildman–Crippen LogP) is 1.01. The number of ether oxygens (including phenoxy) is 1. The molecule has 2 heterocycles. The Bertz CT molecular complexity index is 834.